The second-order valence-electron chi connectivity index (χ2n) is 10.2. The van der Waals surface area contributed by atoms with Crippen molar-refractivity contribution in [3.8, 4) is 11.9 Å². The van der Waals surface area contributed by atoms with Gasteiger partial charge in [-0.3, -0.25) is 4.79 Å². The fourth-order valence-electron chi connectivity index (χ4n) is 6.14. The largest absolute Gasteiger partial charge is 0.477 e. The van der Waals surface area contributed by atoms with Crippen molar-refractivity contribution >= 4 is 5.91 Å². The summed E-state index contributed by atoms with van der Waals surface area (Å²) in [5.41, 5.74) is 0.511. The molecule has 3 unspecified atom stereocenters. The van der Waals surface area contributed by atoms with Crippen molar-refractivity contribution in [1.82, 2.24) is 15.1 Å². The number of hydrogen-bond donors (Lipinski definition) is 1. The molecule has 0 aliphatic heterocycles. The van der Waals surface area contributed by atoms with Crippen LogP contribution in [0.3, 0.4) is 0 Å². The molecule has 1 N–H and O–H groups in total. The molecule has 0 saturated heterocycles. The van der Waals surface area contributed by atoms with Crippen molar-refractivity contribution in [2.45, 2.75) is 96.6 Å². The van der Waals surface area contributed by atoms with Gasteiger partial charge in [0.2, 0.25) is 5.88 Å². The van der Waals surface area contributed by atoms with Crippen molar-refractivity contribution in [3.63, 3.8) is 0 Å². The molecule has 170 valence electrons. The Balaban J connectivity index is 1.41. The van der Waals surface area contributed by atoms with Crippen molar-refractivity contribution in [2.24, 2.45) is 23.7 Å². The maximum absolute atomic E-state index is 13.2. The lowest BCUT2D eigenvalue weighted by atomic mass is 9.66. The van der Waals surface area contributed by atoms with Crippen molar-refractivity contribution < 1.29 is 9.53 Å². The van der Waals surface area contributed by atoms with E-state index >= 15 is 0 Å². The van der Waals surface area contributed by atoms with Gasteiger partial charge in [-0.2, -0.15) is 10.4 Å². The number of aryl methyl sites for hydroxylation is 1. The summed E-state index contributed by atoms with van der Waals surface area (Å²) in [5, 5.41) is 16.6. The highest BCUT2D eigenvalue weighted by atomic mass is 16.5. The highest BCUT2D eigenvalue weighted by molar-refractivity contribution is 5.96. The Kier molecular flexibility index (Phi) is 7.53. The van der Waals surface area contributed by atoms with Gasteiger partial charge in [0.05, 0.1) is 31.8 Å². The zero-order valence-electron chi connectivity index (χ0n) is 19.0. The minimum absolute atomic E-state index is 0.0925. The number of ether oxygens (including phenoxy) is 1. The van der Waals surface area contributed by atoms with Crippen LogP contribution in [0.4, 0.5) is 0 Å². The minimum Gasteiger partial charge on any atom is -0.477 e. The van der Waals surface area contributed by atoms with Crippen molar-refractivity contribution in [1.29, 1.82) is 5.26 Å². The fraction of sp³-hybridized carbons (Fsp3) is 0.800. The summed E-state index contributed by atoms with van der Waals surface area (Å²) in [6, 6.07) is 2.32. The summed E-state index contributed by atoms with van der Waals surface area (Å²) < 4.78 is 7.87. The number of fused-ring (bicyclic) bond motifs is 2. The molecular weight excluding hydrogens is 388 g/mol. The van der Waals surface area contributed by atoms with Gasteiger partial charge in [-0.25, -0.2) is 4.68 Å². The van der Waals surface area contributed by atoms with E-state index in [1.165, 1.54) is 70.6 Å². The Bertz CT molecular complexity index is 765. The Labute approximate surface area is 186 Å². The molecule has 3 atom stereocenters. The molecule has 4 rings (SSSR count). The third-order valence-corrected chi connectivity index (χ3v) is 7.88. The lowest BCUT2D eigenvalue weighted by molar-refractivity contribution is 0.0848. The number of carbonyl (C=O) groups is 1. The lowest BCUT2D eigenvalue weighted by Gasteiger charge is -2.41. The predicted octanol–water partition coefficient (Wildman–Crippen LogP) is 5.09. The summed E-state index contributed by atoms with van der Waals surface area (Å²) in [4.78, 5) is 13.2. The van der Waals surface area contributed by atoms with Crippen LogP contribution in [0, 0.1) is 35.0 Å². The number of aromatic nitrogens is 2. The average Bonchev–Trinajstić information content (AvgIpc) is 3.19. The van der Waals surface area contributed by atoms with E-state index in [0.29, 0.717) is 42.9 Å². The first-order valence-electron chi connectivity index (χ1n) is 12.5. The SMILES string of the molecule is CC(NC(=O)c1cnn(CCC#N)c1OCC1CCCCC1)C1CC2CCCC(C2)C1. The van der Waals surface area contributed by atoms with Gasteiger partial charge in [0.25, 0.3) is 5.91 Å². The average molecular weight is 427 g/mol. The zero-order chi connectivity index (χ0) is 21.6. The first-order valence-corrected chi connectivity index (χ1v) is 12.5. The third kappa shape index (κ3) is 5.61. The van der Waals surface area contributed by atoms with Gasteiger partial charge >= 0.3 is 0 Å². The summed E-state index contributed by atoms with van der Waals surface area (Å²) in [7, 11) is 0. The molecule has 6 nitrogen and oxygen atoms in total. The summed E-state index contributed by atoms with van der Waals surface area (Å²) in [5.74, 6) is 3.24. The van der Waals surface area contributed by atoms with E-state index in [2.05, 4.69) is 23.4 Å². The molecule has 1 aromatic rings. The van der Waals surface area contributed by atoms with E-state index in [0.717, 1.165) is 11.8 Å². The molecule has 1 aromatic heterocycles. The number of nitriles is 1. The molecule has 2 bridgehead atoms. The quantitative estimate of drug-likeness (QED) is 0.628. The topological polar surface area (TPSA) is 79.9 Å². The number of nitrogens with one attached hydrogen (secondary N) is 1. The van der Waals surface area contributed by atoms with E-state index < -0.39 is 0 Å². The molecule has 3 fully saturated rings. The maximum Gasteiger partial charge on any atom is 0.258 e. The van der Waals surface area contributed by atoms with E-state index in [1.54, 1.807) is 10.9 Å². The van der Waals surface area contributed by atoms with Crippen LogP contribution in [0.5, 0.6) is 5.88 Å². The van der Waals surface area contributed by atoms with Gasteiger partial charge in [0.15, 0.2) is 0 Å². The van der Waals surface area contributed by atoms with Crippen LogP contribution >= 0.6 is 0 Å². The summed E-state index contributed by atoms with van der Waals surface area (Å²) in [6.45, 7) is 3.23. The standard InChI is InChI=1S/C25H38N4O2/c1-18(22-14-20-9-5-10-21(13-20)15-22)28-24(30)23-16-27-29(12-6-11-26)25(23)31-17-19-7-3-2-4-8-19/h16,18-22H,2-10,12-15,17H2,1H3,(H,28,30). The van der Waals surface area contributed by atoms with Gasteiger partial charge < -0.3 is 10.1 Å². The molecule has 3 aliphatic rings. The first kappa shape index (κ1) is 22.2. The molecule has 3 aliphatic carbocycles. The molecular formula is C25H38N4O2. The van der Waals surface area contributed by atoms with Crippen LogP contribution in [-0.4, -0.2) is 28.3 Å². The van der Waals surface area contributed by atoms with Crippen LogP contribution in [0.1, 0.15) is 94.3 Å². The fourth-order valence-corrected chi connectivity index (χ4v) is 6.14. The van der Waals surface area contributed by atoms with E-state index in [9.17, 15) is 4.79 Å². The van der Waals surface area contributed by atoms with Gasteiger partial charge in [-0.05, 0) is 62.7 Å². The number of amides is 1. The Morgan fingerprint density at radius 2 is 1.94 bits per heavy atom. The van der Waals surface area contributed by atoms with Gasteiger partial charge in [0, 0.05) is 6.04 Å². The number of rotatable bonds is 8. The second kappa shape index (κ2) is 10.5. The number of carbonyl (C=O) groups excluding carboxylic acids is 1. The molecule has 3 saturated carbocycles. The van der Waals surface area contributed by atoms with Gasteiger partial charge in [-0.1, -0.05) is 38.5 Å². The number of hydrogen-bond acceptors (Lipinski definition) is 4. The van der Waals surface area contributed by atoms with Gasteiger partial charge in [-0.15, -0.1) is 0 Å². The molecule has 0 spiro atoms. The number of nitrogens with zero attached hydrogens (tertiary/aromatic N) is 3. The molecule has 0 radical (unpaired) electrons. The van der Waals surface area contributed by atoms with E-state index in [1.807, 2.05) is 0 Å². The van der Waals surface area contributed by atoms with Crippen LogP contribution in [0.2, 0.25) is 0 Å². The highest BCUT2D eigenvalue weighted by Gasteiger charge is 2.35. The molecule has 31 heavy (non-hydrogen) atoms. The van der Waals surface area contributed by atoms with Crippen LogP contribution in [-0.2, 0) is 6.54 Å². The maximum atomic E-state index is 13.2. The predicted molar refractivity (Wildman–Crippen MR) is 120 cm³/mol. The second-order valence-corrected chi connectivity index (χ2v) is 10.2. The van der Waals surface area contributed by atoms with Crippen LogP contribution < -0.4 is 10.1 Å². The van der Waals surface area contributed by atoms with Crippen LogP contribution in [0.15, 0.2) is 6.20 Å². The van der Waals surface area contributed by atoms with Crippen molar-refractivity contribution in [3.05, 3.63) is 11.8 Å². The summed E-state index contributed by atoms with van der Waals surface area (Å²) in [6.07, 6.45) is 16.1. The third-order valence-electron chi connectivity index (χ3n) is 7.88. The van der Waals surface area contributed by atoms with Gasteiger partial charge in [0.1, 0.15) is 5.56 Å². The summed E-state index contributed by atoms with van der Waals surface area (Å²) >= 11 is 0. The molecule has 1 amide bonds. The van der Waals surface area contributed by atoms with E-state index in [-0.39, 0.29) is 11.9 Å². The van der Waals surface area contributed by atoms with E-state index in [4.69, 9.17) is 10.00 Å². The normalized spacial score (nSPS) is 27.3. The first-order chi connectivity index (χ1) is 15.1. The lowest BCUT2D eigenvalue weighted by Crippen LogP contribution is -2.42. The minimum atomic E-state index is -0.0925. The Hall–Kier alpha value is -2.03. The highest BCUT2D eigenvalue weighted by Crippen LogP contribution is 2.43. The monoisotopic (exact) mass is 426 g/mol. The molecule has 0 aromatic carbocycles. The van der Waals surface area contributed by atoms with Crippen LogP contribution in [0.25, 0.3) is 0 Å². The van der Waals surface area contributed by atoms with Crippen molar-refractivity contribution in [2.75, 3.05) is 6.61 Å². The zero-order valence-corrected chi connectivity index (χ0v) is 19.0. The molecule has 1 heterocycles. The Morgan fingerprint density at radius 3 is 2.65 bits per heavy atom. The smallest absolute Gasteiger partial charge is 0.258 e. The molecule has 6 heteroatoms. The Morgan fingerprint density at radius 1 is 1.19 bits per heavy atom.